The molecule has 0 saturated heterocycles. The summed E-state index contributed by atoms with van der Waals surface area (Å²) in [7, 11) is 0. The second-order valence-electron chi connectivity index (χ2n) is 4.60. The number of nitrogens with zero attached hydrogens (tertiary/aromatic N) is 3. The van der Waals surface area contributed by atoms with Crippen LogP contribution in [-0.4, -0.2) is 26.6 Å². The van der Waals surface area contributed by atoms with Crippen LogP contribution in [0.3, 0.4) is 0 Å². The first-order chi connectivity index (χ1) is 10.2. The van der Waals surface area contributed by atoms with Gasteiger partial charge in [0.05, 0.1) is 11.4 Å². The standard InChI is InChI=1S/C13H19N7S2/c1-6-10(8(3)17-19-12(14)21)5-11(7(2)16-6)9(4)18-20-13(15)22/h5H,1-4H3,(H3,14,19,21)(H3,15,20,22)/b17-8+,18-9+. The Balaban J connectivity index is 3.24. The summed E-state index contributed by atoms with van der Waals surface area (Å²) in [5.74, 6) is 0. The number of hydrazone groups is 2. The fourth-order valence-electron chi connectivity index (χ4n) is 1.86. The van der Waals surface area contributed by atoms with Gasteiger partial charge in [-0.3, -0.25) is 15.8 Å². The van der Waals surface area contributed by atoms with Gasteiger partial charge in [-0.15, -0.1) is 0 Å². The summed E-state index contributed by atoms with van der Waals surface area (Å²) in [5.41, 5.74) is 20.8. The number of thiocarbonyl (C=S) groups is 2. The average molecular weight is 337 g/mol. The van der Waals surface area contributed by atoms with Gasteiger partial charge in [0.25, 0.3) is 0 Å². The molecule has 1 heterocycles. The van der Waals surface area contributed by atoms with Crippen molar-refractivity contribution in [3.05, 3.63) is 28.6 Å². The average Bonchev–Trinajstić information content (AvgIpc) is 2.42. The molecule has 0 aliphatic carbocycles. The molecule has 9 heteroatoms. The SMILES string of the molecule is C/C(=N\NC(N)=S)c1cc(/C(C)=N/NC(N)=S)c(C)nc1C. The lowest BCUT2D eigenvalue weighted by molar-refractivity contribution is 1.01. The van der Waals surface area contributed by atoms with Crippen LogP contribution in [0.25, 0.3) is 0 Å². The summed E-state index contributed by atoms with van der Waals surface area (Å²) < 4.78 is 0. The first-order valence-corrected chi connectivity index (χ1v) is 7.22. The Morgan fingerprint density at radius 2 is 1.32 bits per heavy atom. The third-order valence-corrected chi connectivity index (χ3v) is 3.03. The quantitative estimate of drug-likeness (QED) is 0.365. The molecule has 0 unspecified atom stereocenters. The molecule has 0 saturated carbocycles. The van der Waals surface area contributed by atoms with Crippen LogP contribution in [0.5, 0.6) is 0 Å². The topological polar surface area (TPSA) is 114 Å². The van der Waals surface area contributed by atoms with Crippen LogP contribution >= 0.6 is 24.4 Å². The van der Waals surface area contributed by atoms with Gasteiger partial charge < -0.3 is 11.5 Å². The van der Waals surface area contributed by atoms with E-state index in [-0.39, 0.29) is 10.2 Å². The maximum atomic E-state index is 5.37. The number of aromatic nitrogens is 1. The zero-order valence-corrected chi connectivity index (χ0v) is 14.5. The van der Waals surface area contributed by atoms with E-state index in [9.17, 15) is 0 Å². The van der Waals surface area contributed by atoms with Crippen LogP contribution in [-0.2, 0) is 0 Å². The number of pyridine rings is 1. The predicted molar refractivity (Wildman–Crippen MR) is 98.0 cm³/mol. The molecule has 0 fully saturated rings. The molecule has 118 valence electrons. The highest BCUT2D eigenvalue weighted by Crippen LogP contribution is 2.14. The highest BCUT2D eigenvalue weighted by molar-refractivity contribution is 7.80. The molecule has 1 aromatic heterocycles. The molecule has 22 heavy (non-hydrogen) atoms. The van der Waals surface area contributed by atoms with E-state index in [0.29, 0.717) is 11.4 Å². The molecular formula is C13H19N7S2. The summed E-state index contributed by atoms with van der Waals surface area (Å²) in [6, 6.07) is 1.96. The zero-order chi connectivity index (χ0) is 16.9. The Bertz CT molecular complexity index is 611. The normalized spacial score (nSPS) is 12.0. The van der Waals surface area contributed by atoms with E-state index in [2.05, 4.69) is 26.0 Å². The monoisotopic (exact) mass is 337 g/mol. The molecule has 6 N–H and O–H groups in total. The maximum Gasteiger partial charge on any atom is 0.184 e. The smallest absolute Gasteiger partial charge is 0.184 e. The van der Waals surface area contributed by atoms with Crippen molar-refractivity contribution in [3.8, 4) is 0 Å². The molecule has 0 aromatic carbocycles. The van der Waals surface area contributed by atoms with Crippen molar-refractivity contribution >= 4 is 46.1 Å². The highest BCUT2D eigenvalue weighted by atomic mass is 32.1. The summed E-state index contributed by atoms with van der Waals surface area (Å²) in [6.45, 7) is 7.50. The minimum Gasteiger partial charge on any atom is -0.375 e. The number of hydrogen-bond acceptors (Lipinski definition) is 5. The fraction of sp³-hybridized carbons (Fsp3) is 0.308. The van der Waals surface area contributed by atoms with Crippen LogP contribution in [0.15, 0.2) is 16.3 Å². The van der Waals surface area contributed by atoms with Crippen molar-refractivity contribution < 1.29 is 0 Å². The Morgan fingerprint density at radius 1 is 0.955 bits per heavy atom. The first kappa shape index (κ1) is 17.9. The van der Waals surface area contributed by atoms with E-state index in [1.165, 1.54) is 0 Å². The summed E-state index contributed by atoms with van der Waals surface area (Å²) >= 11 is 9.47. The van der Waals surface area contributed by atoms with Gasteiger partial charge in [0.1, 0.15) is 0 Å². The van der Waals surface area contributed by atoms with Crippen molar-refractivity contribution in [2.24, 2.45) is 21.7 Å². The van der Waals surface area contributed by atoms with Gasteiger partial charge in [-0.25, -0.2) is 0 Å². The van der Waals surface area contributed by atoms with Gasteiger partial charge in [-0.1, -0.05) is 0 Å². The molecule has 0 spiro atoms. The molecule has 1 rings (SSSR count). The van der Waals surface area contributed by atoms with Gasteiger partial charge >= 0.3 is 0 Å². The van der Waals surface area contributed by atoms with Crippen LogP contribution in [0.2, 0.25) is 0 Å². The molecule has 0 aliphatic rings. The summed E-state index contributed by atoms with van der Waals surface area (Å²) in [5, 5.41) is 8.46. The molecule has 0 atom stereocenters. The van der Waals surface area contributed by atoms with E-state index in [4.69, 9.17) is 35.9 Å². The second kappa shape index (κ2) is 7.76. The van der Waals surface area contributed by atoms with E-state index in [1.54, 1.807) is 0 Å². The zero-order valence-electron chi connectivity index (χ0n) is 12.9. The van der Waals surface area contributed by atoms with Gasteiger partial charge in [-0.05, 0) is 58.2 Å². The van der Waals surface area contributed by atoms with Crippen molar-refractivity contribution in [2.75, 3.05) is 0 Å². The van der Waals surface area contributed by atoms with E-state index in [0.717, 1.165) is 22.5 Å². The number of hydrogen-bond donors (Lipinski definition) is 4. The predicted octanol–water partition coefficient (Wildman–Crippen LogP) is 0.813. The lowest BCUT2D eigenvalue weighted by atomic mass is 10.0. The Kier molecular flexibility index (Phi) is 6.32. The molecule has 0 amide bonds. The molecule has 1 aromatic rings. The Hall–Kier alpha value is -2.13. The molecule has 0 bridgehead atoms. The lowest BCUT2D eigenvalue weighted by Gasteiger charge is -2.11. The van der Waals surface area contributed by atoms with Crippen molar-refractivity contribution in [2.45, 2.75) is 27.7 Å². The third kappa shape index (κ3) is 5.01. The van der Waals surface area contributed by atoms with Crippen molar-refractivity contribution in [3.63, 3.8) is 0 Å². The van der Waals surface area contributed by atoms with Crippen molar-refractivity contribution in [1.29, 1.82) is 0 Å². The molecule has 0 radical (unpaired) electrons. The number of nitrogens with one attached hydrogen (secondary N) is 2. The minimum atomic E-state index is 0.107. The van der Waals surface area contributed by atoms with Gasteiger partial charge in [-0.2, -0.15) is 10.2 Å². The minimum absolute atomic E-state index is 0.107. The van der Waals surface area contributed by atoms with Crippen LogP contribution in [0, 0.1) is 13.8 Å². The molecule has 7 nitrogen and oxygen atoms in total. The van der Waals surface area contributed by atoms with E-state index < -0.39 is 0 Å². The van der Waals surface area contributed by atoms with Gasteiger partial charge in [0.15, 0.2) is 10.2 Å². The number of aryl methyl sites for hydroxylation is 2. The second-order valence-corrected chi connectivity index (χ2v) is 5.48. The van der Waals surface area contributed by atoms with Crippen molar-refractivity contribution in [1.82, 2.24) is 15.8 Å². The largest absolute Gasteiger partial charge is 0.375 e. The van der Waals surface area contributed by atoms with Crippen LogP contribution < -0.4 is 22.3 Å². The van der Waals surface area contributed by atoms with Crippen LogP contribution in [0.4, 0.5) is 0 Å². The van der Waals surface area contributed by atoms with Gasteiger partial charge in [0.2, 0.25) is 0 Å². The Labute approximate surface area is 140 Å². The molecular weight excluding hydrogens is 318 g/mol. The summed E-state index contributed by atoms with van der Waals surface area (Å²) in [4.78, 5) is 4.52. The highest BCUT2D eigenvalue weighted by Gasteiger charge is 2.11. The lowest BCUT2D eigenvalue weighted by Crippen LogP contribution is -2.26. The Morgan fingerprint density at radius 3 is 1.64 bits per heavy atom. The third-order valence-electron chi connectivity index (χ3n) is 2.85. The van der Waals surface area contributed by atoms with Crippen LogP contribution in [0.1, 0.15) is 36.4 Å². The van der Waals surface area contributed by atoms with Gasteiger partial charge in [0, 0.05) is 22.5 Å². The number of rotatable bonds is 4. The molecule has 0 aliphatic heterocycles. The fourth-order valence-corrected chi connectivity index (χ4v) is 1.95. The van der Waals surface area contributed by atoms with E-state index >= 15 is 0 Å². The summed E-state index contributed by atoms with van der Waals surface area (Å²) in [6.07, 6.45) is 0. The first-order valence-electron chi connectivity index (χ1n) is 6.40. The van der Waals surface area contributed by atoms with E-state index in [1.807, 2.05) is 33.8 Å². The number of nitrogens with two attached hydrogens (primary N) is 2. The maximum absolute atomic E-state index is 5.37.